The second-order valence-electron chi connectivity index (χ2n) is 3.87. The first kappa shape index (κ1) is 12.4. The molecule has 1 unspecified atom stereocenters. The maximum atomic E-state index is 6.02. The Morgan fingerprint density at radius 1 is 1.40 bits per heavy atom. The van der Waals surface area contributed by atoms with Gasteiger partial charge in [-0.3, -0.25) is 0 Å². The summed E-state index contributed by atoms with van der Waals surface area (Å²) < 4.78 is 5.43. The van der Waals surface area contributed by atoms with Gasteiger partial charge in [0.25, 0.3) is 0 Å². The fourth-order valence-electron chi connectivity index (χ4n) is 2.07. The molecule has 2 heteroatoms. The monoisotopic (exact) mass is 226 g/mol. The third-order valence-electron chi connectivity index (χ3n) is 2.99. The molecule has 0 radical (unpaired) electrons. The Bertz CT molecular complexity index is 323. The van der Waals surface area contributed by atoms with Crippen molar-refractivity contribution >= 4 is 11.6 Å². The van der Waals surface area contributed by atoms with Gasteiger partial charge in [0.2, 0.25) is 0 Å². The van der Waals surface area contributed by atoms with Crippen LogP contribution in [0.15, 0.2) is 34.6 Å². The second kappa shape index (κ2) is 5.41. The van der Waals surface area contributed by atoms with Gasteiger partial charge < -0.3 is 4.74 Å². The molecule has 1 rings (SSSR count). The van der Waals surface area contributed by atoms with Gasteiger partial charge in [-0.15, -0.1) is 11.6 Å². The smallest absolute Gasteiger partial charge is 0.124 e. The minimum Gasteiger partial charge on any atom is -0.496 e. The topological polar surface area (TPSA) is 9.23 Å². The highest BCUT2D eigenvalue weighted by Gasteiger charge is 2.18. The van der Waals surface area contributed by atoms with Crippen molar-refractivity contribution in [3.8, 4) is 0 Å². The molecular formula is C13H19ClO. The van der Waals surface area contributed by atoms with Crippen molar-refractivity contribution in [2.24, 2.45) is 5.92 Å². The predicted octanol–water partition coefficient (Wildman–Crippen LogP) is 4.06. The van der Waals surface area contributed by atoms with E-state index < -0.39 is 0 Å². The van der Waals surface area contributed by atoms with Crippen LogP contribution < -0.4 is 0 Å². The Labute approximate surface area is 97.5 Å². The zero-order chi connectivity index (χ0) is 11.4. The molecule has 0 fully saturated rings. The summed E-state index contributed by atoms with van der Waals surface area (Å²) in [5.41, 5.74) is 3.65. The lowest BCUT2D eigenvalue weighted by molar-refractivity contribution is 0.296. The van der Waals surface area contributed by atoms with Crippen molar-refractivity contribution in [2.75, 3.05) is 13.0 Å². The van der Waals surface area contributed by atoms with Crippen molar-refractivity contribution in [3.05, 3.63) is 34.6 Å². The van der Waals surface area contributed by atoms with E-state index in [0.717, 1.165) is 12.2 Å². The summed E-state index contributed by atoms with van der Waals surface area (Å²) in [5, 5.41) is 0. The van der Waals surface area contributed by atoms with Gasteiger partial charge in [0.1, 0.15) is 5.76 Å². The third kappa shape index (κ3) is 2.46. The summed E-state index contributed by atoms with van der Waals surface area (Å²) in [6.07, 6.45) is 5.44. The van der Waals surface area contributed by atoms with Crippen LogP contribution in [0.1, 0.15) is 27.2 Å². The summed E-state index contributed by atoms with van der Waals surface area (Å²) in [4.78, 5) is 0. The molecule has 0 saturated carbocycles. The molecule has 0 spiro atoms. The average molecular weight is 227 g/mol. The van der Waals surface area contributed by atoms with Gasteiger partial charge in [-0.1, -0.05) is 19.1 Å². The number of alkyl halides is 1. The van der Waals surface area contributed by atoms with E-state index in [-0.39, 0.29) is 0 Å². The van der Waals surface area contributed by atoms with Crippen LogP contribution in [0.3, 0.4) is 0 Å². The molecule has 0 N–H and O–H groups in total. The molecule has 0 bridgehead atoms. The summed E-state index contributed by atoms with van der Waals surface area (Å²) in [6.45, 7) is 6.35. The lowest BCUT2D eigenvalue weighted by Gasteiger charge is -2.16. The molecule has 1 aliphatic rings. The Hall–Kier alpha value is -0.690. The van der Waals surface area contributed by atoms with Crippen molar-refractivity contribution in [2.45, 2.75) is 27.2 Å². The molecule has 1 atom stereocenters. The van der Waals surface area contributed by atoms with Gasteiger partial charge >= 0.3 is 0 Å². The average Bonchev–Trinajstić information content (AvgIpc) is 2.35. The van der Waals surface area contributed by atoms with E-state index in [1.54, 1.807) is 7.11 Å². The number of allylic oxidation sites excluding steroid dienone is 5. The lowest BCUT2D eigenvalue weighted by atomic mass is 9.94. The highest BCUT2D eigenvalue weighted by molar-refractivity contribution is 6.19. The number of rotatable bonds is 3. The minimum absolute atomic E-state index is 0.449. The SMILES string of the molecule is CCC1C=CC(C)=C(OC)C(C)=C1CCl. The first-order valence-corrected chi connectivity index (χ1v) is 5.88. The molecule has 1 aliphatic carbocycles. The summed E-state index contributed by atoms with van der Waals surface area (Å²) in [5.74, 6) is 2.00. The van der Waals surface area contributed by atoms with Gasteiger partial charge in [-0.25, -0.2) is 0 Å². The predicted molar refractivity (Wildman–Crippen MR) is 66.1 cm³/mol. The lowest BCUT2D eigenvalue weighted by Crippen LogP contribution is -2.05. The number of hydrogen-bond donors (Lipinski definition) is 0. The first-order valence-electron chi connectivity index (χ1n) is 5.34. The molecule has 0 aliphatic heterocycles. The van der Waals surface area contributed by atoms with E-state index in [1.807, 2.05) is 0 Å². The quantitative estimate of drug-likeness (QED) is 0.660. The van der Waals surface area contributed by atoms with Gasteiger partial charge in [0.05, 0.1) is 7.11 Å². The Morgan fingerprint density at radius 2 is 2.07 bits per heavy atom. The molecule has 0 aromatic carbocycles. The van der Waals surface area contributed by atoms with Crippen LogP contribution in [-0.4, -0.2) is 13.0 Å². The molecule has 15 heavy (non-hydrogen) atoms. The van der Waals surface area contributed by atoms with E-state index >= 15 is 0 Å². The van der Waals surface area contributed by atoms with Gasteiger partial charge in [-0.2, -0.15) is 0 Å². The summed E-state index contributed by atoms with van der Waals surface area (Å²) in [6, 6.07) is 0. The third-order valence-corrected chi connectivity index (χ3v) is 3.28. The van der Waals surface area contributed by atoms with Gasteiger partial charge in [0.15, 0.2) is 0 Å². The standard InChI is InChI=1S/C13H19ClO/c1-5-11-7-6-9(2)13(15-4)10(3)12(11)8-14/h6-7,11H,5,8H2,1-4H3. The molecule has 1 nitrogen and oxygen atoms in total. The van der Waals surface area contributed by atoms with E-state index in [4.69, 9.17) is 16.3 Å². The Kier molecular flexibility index (Phi) is 4.46. The van der Waals surface area contributed by atoms with E-state index in [0.29, 0.717) is 11.8 Å². The summed E-state index contributed by atoms with van der Waals surface area (Å²) >= 11 is 6.02. The molecule has 0 heterocycles. The van der Waals surface area contributed by atoms with E-state index in [1.165, 1.54) is 16.7 Å². The van der Waals surface area contributed by atoms with Crippen LogP contribution in [-0.2, 0) is 4.74 Å². The van der Waals surface area contributed by atoms with Crippen LogP contribution in [0.2, 0.25) is 0 Å². The van der Waals surface area contributed by atoms with E-state index in [2.05, 4.69) is 32.9 Å². The normalized spacial score (nSPS) is 22.1. The Morgan fingerprint density at radius 3 is 2.53 bits per heavy atom. The molecule has 0 aromatic rings. The zero-order valence-electron chi connectivity index (χ0n) is 9.93. The van der Waals surface area contributed by atoms with Crippen molar-refractivity contribution < 1.29 is 4.74 Å². The van der Waals surface area contributed by atoms with Crippen LogP contribution in [0.5, 0.6) is 0 Å². The maximum Gasteiger partial charge on any atom is 0.124 e. The van der Waals surface area contributed by atoms with Crippen molar-refractivity contribution in [3.63, 3.8) is 0 Å². The van der Waals surface area contributed by atoms with Crippen molar-refractivity contribution in [1.82, 2.24) is 0 Å². The van der Waals surface area contributed by atoms with Crippen LogP contribution >= 0.6 is 11.6 Å². The highest BCUT2D eigenvalue weighted by Crippen LogP contribution is 2.31. The molecule has 0 amide bonds. The number of halogens is 1. The van der Waals surface area contributed by atoms with Crippen LogP contribution in [0.25, 0.3) is 0 Å². The van der Waals surface area contributed by atoms with Crippen LogP contribution in [0, 0.1) is 5.92 Å². The maximum absolute atomic E-state index is 6.02. The Balaban J connectivity index is 3.24. The summed E-state index contributed by atoms with van der Waals surface area (Å²) in [7, 11) is 1.72. The van der Waals surface area contributed by atoms with Gasteiger partial charge in [0, 0.05) is 5.88 Å². The second-order valence-corrected chi connectivity index (χ2v) is 4.14. The highest BCUT2D eigenvalue weighted by atomic mass is 35.5. The fraction of sp³-hybridized carbons (Fsp3) is 0.538. The number of hydrogen-bond acceptors (Lipinski definition) is 1. The number of methoxy groups -OCH3 is 1. The molecule has 84 valence electrons. The number of ether oxygens (including phenoxy) is 1. The van der Waals surface area contributed by atoms with E-state index in [9.17, 15) is 0 Å². The first-order chi connectivity index (χ1) is 7.15. The minimum atomic E-state index is 0.449. The molecule has 0 saturated heterocycles. The van der Waals surface area contributed by atoms with Gasteiger partial charge in [-0.05, 0) is 42.9 Å². The molecule has 0 aromatic heterocycles. The fourth-order valence-corrected chi connectivity index (χ4v) is 2.47. The molecular weight excluding hydrogens is 208 g/mol. The van der Waals surface area contributed by atoms with Crippen LogP contribution in [0.4, 0.5) is 0 Å². The van der Waals surface area contributed by atoms with Crippen molar-refractivity contribution in [1.29, 1.82) is 0 Å². The zero-order valence-corrected chi connectivity index (χ0v) is 10.7. The largest absolute Gasteiger partial charge is 0.496 e.